The molecule has 2 N–H and O–H groups in total. The lowest BCUT2D eigenvalue weighted by Crippen LogP contribution is -2.32. The van der Waals surface area contributed by atoms with Gasteiger partial charge in [0.05, 0.1) is 5.92 Å². The number of fused-ring (bicyclic) bond motifs is 1. The van der Waals surface area contributed by atoms with Crippen molar-refractivity contribution in [2.45, 2.75) is 19.9 Å². The van der Waals surface area contributed by atoms with Crippen molar-refractivity contribution < 1.29 is 28.6 Å². The highest BCUT2D eigenvalue weighted by atomic mass is 35.5. The molecular formula is C28H26ClN3O6. The van der Waals surface area contributed by atoms with Crippen molar-refractivity contribution in [3.05, 3.63) is 76.8 Å². The van der Waals surface area contributed by atoms with E-state index in [-0.39, 0.29) is 44.1 Å². The Kier molecular flexibility index (Phi) is 7.37. The van der Waals surface area contributed by atoms with Gasteiger partial charge in [-0.25, -0.2) is 0 Å². The van der Waals surface area contributed by atoms with Gasteiger partial charge in [-0.1, -0.05) is 23.7 Å². The largest absolute Gasteiger partial charge is 0.484 e. The number of nitrogens with zero attached hydrogens (tertiary/aromatic N) is 1. The van der Waals surface area contributed by atoms with Gasteiger partial charge in [0.2, 0.25) is 18.6 Å². The summed E-state index contributed by atoms with van der Waals surface area (Å²) in [4.78, 5) is 39.2. The molecule has 0 unspecified atom stereocenters. The van der Waals surface area contributed by atoms with E-state index in [0.29, 0.717) is 40.2 Å². The number of anilines is 2. The number of ether oxygens (including phenoxy) is 3. The van der Waals surface area contributed by atoms with Crippen LogP contribution in [-0.2, 0) is 20.9 Å². The van der Waals surface area contributed by atoms with Crippen LogP contribution in [0.1, 0.15) is 17.5 Å². The molecule has 196 valence electrons. The summed E-state index contributed by atoms with van der Waals surface area (Å²) in [7, 11) is 0. The molecule has 2 aliphatic heterocycles. The quantitative estimate of drug-likeness (QED) is 0.450. The van der Waals surface area contributed by atoms with Gasteiger partial charge >= 0.3 is 0 Å². The predicted octanol–water partition coefficient (Wildman–Crippen LogP) is 4.06. The lowest BCUT2D eigenvalue weighted by molar-refractivity contribution is -0.126. The minimum Gasteiger partial charge on any atom is -0.484 e. The molecule has 0 radical (unpaired) electrons. The van der Waals surface area contributed by atoms with Gasteiger partial charge in [0, 0.05) is 35.9 Å². The number of carbonyl (C=O) groups excluding carboxylic acids is 3. The fourth-order valence-electron chi connectivity index (χ4n) is 4.30. The van der Waals surface area contributed by atoms with E-state index in [2.05, 4.69) is 10.6 Å². The van der Waals surface area contributed by atoms with E-state index < -0.39 is 5.92 Å². The Bertz CT molecular complexity index is 1380. The number of carbonyl (C=O) groups is 3. The molecule has 9 nitrogen and oxygen atoms in total. The first-order chi connectivity index (χ1) is 18.4. The molecular weight excluding hydrogens is 510 g/mol. The van der Waals surface area contributed by atoms with E-state index >= 15 is 0 Å². The molecule has 2 aliphatic rings. The first-order valence-corrected chi connectivity index (χ1v) is 12.5. The number of hydrogen-bond acceptors (Lipinski definition) is 6. The van der Waals surface area contributed by atoms with Gasteiger partial charge in [-0.3, -0.25) is 14.4 Å². The van der Waals surface area contributed by atoms with Gasteiger partial charge in [0.1, 0.15) is 5.75 Å². The zero-order chi connectivity index (χ0) is 26.6. The highest BCUT2D eigenvalue weighted by molar-refractivity contribution is 6.31. The molecule has 0 bridgehead atoms. The topological polar surface area (TPSA) is 106 Å². The minimum atomic E-state index is -0.453. The average Bonchev–Trinajstić information content (AvgIpc) is 3.54. The predicted molar refractivity (Wildman–Crippen MR) is 142 cm³/mol. The fraction of sp³-hybridized carbons (Fsp3) is 0.250. The second kappa shape index (κ2) is 11.0. The molecule has 0 aliphatic carbocycles. The van der Waals surface area contributed by atoms with Gasteiger partial charge in [-0.05, 0) is 66.6 Å². The summed E-state index contributed by atoms with van der Waals surface area (Å²) in [6.07, 6.45) is 0.133. The van der Waals surface area contributed by atoms with Gasteiger partial charge < -0.3 is 29.7 Å². The van der Waals surface area contributed by atoms with Crippen LogP contribution in [0.5, 0.6) is 17.2 Å². The maximum absolute atomic E-state index is 12.7. The minimum absolute atomic E-state index is 0.127. The summed E-state index contributed by atoms with van der Waals surface area (Å²) < 4.78 is 16.3. The number of rotatable bonds is 8. The summed E-state index contributed by atoms with van der Waals surface area (Å²) in [5.74, 6) is 0.747. The molecule has 2 heterocycles. The molecule has 0 saturated carbocycles. The van der Waals surface area contributed by atoms with Crippen LogP contribution in [0.3, 0.4) is 0 Å². The number of halogens is 1. The van der Waals surface area contributed by atoms with Crippen LogP contribution in [0.15, 0.2) is 60.7 Å². The first kappa shape index (κ1) is 25.4. The maximum Gasteiger partial charge on any atom is 0.262 e. The molecule has 1 atom stereocenters. The van der Waals surface area contributed by atoms with Crippen LogP contribution in [0.4, 0.5) is 11.4 Å². The Morgan fingerprint density at radius 2 is 1.84 bits per heavy atom. The zero-order valence-corrected chi connectivity index (χ0v) is 21.4. The number of amides is 3. The Balaban J connectivity index is 1.11. The highest BCUT2D eigenvalue weighted by Crippen LogP contribution is 2.32. The molecule has 0 aromatic heterocycles. The zero-order valence-electron chi connectivity index (χ0n) is 20.7. The van der Waals surface area contributed by atoms with E-state index in [0.717, 1.165) is 11.1 Å². The molecule has 1 fully saturated rings. The van der Waals surface area contributed by atoms with Gasteiger partial charge in [0.15, 0.2) is 18.1 Å². The van der Waals surface area contributed by atoms with Crippen LogP contribution in [-0.4, -0.2) is 37.7 Å². The van der Waals surface area contributed by atoms with E-state index in [1.165, 1.54) is 0 Å². The Labute approximate surface area is 224 Å². The summed E-state index contributed by atoms with van der Waals surface area (Å²) in [6, 6.07) is 17.6. The lowest BCUT2D eigenvalue weighted by Gasteiger charge is -2.17. The Hall–Kier alpha value is -4.24. The summed E-state index contributed by atoms with van der Waals surface area (Å²) in [5.41, 5.74) is 3.06. The number of benzene rings is 3. The van der Waals surface area contributed by atoms with Gasteiger partial charge in [0.25, 0.3) is 5.91 Å². The average molecular weight is 536 g/mol. The number of aryl methyl sites for hydroxylation is 1. The van der Waals surface area contributed by atoms with Crippen molar-refractivity contribution >= 4 is 40.7 Å². The van der Waals surface area contributed by atoms with E-state index in [1.54, 1.807) is 41.3 Å². The Morgan fingerprint density at radius 1 is 1.05 bits per heavy atom. The first-order valence-electron chi connectivity index (χ1n) is 12.1. The van der Waals surface area contributed by atoms with E-state index in [9.17, 15) is 14.4 Å². The van der Waals surface area contributed by atoms with Crippen LogP contribution >= 0.6 is 11.6 Å². The van der Waals surface area contributed by atoms with E-state index in [1.807, 2.05) is 31.2 Å². The summed E-state index contributed by atoms with van der Waals surface area (Å²) >= 11 is 6.00. The SMILES string of the molecule is Cc1ccc(Cl)cc1NC(=O)COc1ccc(N2C[C@H](C(=O)NCc3ccc4c(c3)OCO4)CC2=O)cc1. The molecule has 1 saturated heterocycles. The monoisotopic (exact) mass is 535 g/mol. The fourth-order valence-corrected chi connectivity index (χ4v) is 4.48. The second-order valence-corrected chi connectivity index (χ2v) is 9.54. The van der Waals surface area contributed by atoms with Gasteiger partial charge in [-0.15, -0.1) is 0 Å². The second-order valence-electron chi connectivity index (χ2n) is 9.10. The normalized spacial score (nSPS) is 15.9. The molecule has 0 spiro atoms. The van der Waals surface area contributed by atoms with Crippen molar-refractivity contribution in [1.29, 1.82) is 0 Å². The summed E-state index contributed by atoms with van der Waals surface area (Å²) in [5, 5.41) is 6.22. The molecule has 10 heteroatoms. The highest BCUT2D eigenvalue weighted by Gasteiger charge is 2.35. The standard InChI is InChI=1S/C28H26ClN3O6/c1-17-2-4-20(29)12-23(17)31-26(33)15-36-22-7-5-21(6-8-22)32-14-19(11-27(32)34)28(35)30-13-18-3-9-24-25(10-18)38-16-37-24/h2-10,12,19H,11,13-16H2,1H3,(H,30,35)(H,31,33)/t19-/m1/s1. The summed E-state index contributed by atoms with van der Waals surface area (Å²) in [6.45, 7) is 2.50. The van der Waals surface area contributed by atoms with Crippen LogP contribution in [0.25, 0.3) is 0 Å². The maximum atomic E-state index is 12.7. The third-order valence-corrected chi connectivity index (χ3v) is 6.63. The van der Waals surface area contributed by atoms with Crippen molar-refractivity contribution in [3.63, 3.8) is 0 Å². The van der Waals surface area contributed by atoms with Crippen molar-refractivity contribution in [1.82, 2.24) is 5.32 Å². The Morgan fingerprint density at radius 3 is 2.66 bits per heavy atom. The van der Waals surface area contributed by atoms with Crippen molar-refractivity contribution in [2.75, 3.05) is 30.2 Å². The molecule has 3 amide bonds. The third kappa shape index (κ3) is 5.84. The molecule has 3 aromatic carbocycles. The molecule has 3 aromatic rings. The van der Waals surface area contributed by atoms with Crippen LogP contribution in [0, 0.1) is 12.8 Å². The van der Waals surface area contributed by atoms with Gasteiger partial charge in [-0.2, -0.15) is 0 Å². The third-order valence-electron chi connectivity index (χ3n) is 6.39. The van der Waals surface area contributed by atoms with Crippen LogP contribution in [0.2, 0.25) is 5.02 Å². The number of nitrogens with one attached hydrogen (secondary N) is 2. The van der Waals surface area contributed by atoms with Crippen LogP contribution < -0.4 is 29.7 Å². The number of hydrogen-bond donors (Lipinski definition) is 2. The molecule has 5 rings (SSSR count). The smallest absolute Gasteiger partial charge is 0.262 e. The molecule has 38 heavy (non-hydrogen) atoms. The van der Waals surface area contributed by atoms with Crippen molar-refractivity contribution in [3.8, 4) is 17.2 Å². The van der Waals surface area contributed by atoms with E-state index in [4.69, 9.17) is 25.8 Å². The lowest BCUT2D eigenvalue weighted by atomic mass is 10.1. The van der Waals surface area contributed by atoms with Crippen molar-refractivity contribution in [2.24, 2.45) is 5.92 Å².